The molecular formula is C14H16N2O3. The van der Waals surface area contributed by atoms with Crippen LogP contribution in [0.5, 0.6) is 5.75 Å². The first kappa shape index (κ1) is 13.1. The standard InChI is InChI=1S/C14H16N2O3/c1-10-15-12(9-16(10)8-7-14(17)18)11-5-3-4-6-13(11)19-2/h3-6,9H,7-8H2,1-2H3,(H,17,18). The number of imidazole rings is 1. The van der Waals surface area contributed by atoms with Crippen LogP contribution in [-0.2, 0) is 11.3 Å². The van der Waals surface area contributed by atoms with Gasteiger partial charge < -0.3 is 14.4 Å². The summed E-state index contributed by atoms with van der Waals surface area (Å²) >= 11 is 0. The molecule has 100 valence electrons. The van der Waals surface area contributed by atoms with Crippen molar-refractivity contribution < 1.29 is 14.6 Å². The van der Waals surface area contributed by atoms with Gasteiger partial charge >= 0.3 is 5.97 Å². The van der Waals surface area contributed by atoms with E-state index in [1.165, 1.54) is 0 Å². The largest absolute Gasteiger partial charge is 0.496 e. The van der Waals surface area contributed by atoms with Crippen molar-refractivity contribution in [3.05, 3.63) is 36.3 Å². The summed E-state index contributed by atoms with van der Waals surface area (Å²) in [5.74, 6) is 0.736. The third-order valence-corrected chi connectivity index (χ3v) is 2.93. The van der Waals surface area contributed by atoms with E-state index in [0.717, 1.165) is 22.8 Å². The molecule has 1 heterocycles. The first-order chi connectivity index (χ1) is 9.11. The molecule has 19 heavy (non-hydrogen) atoms. The Hall–Kier alpha value is -2.30. The number of carboxylic acid groups (broad SMARTS) is 1. The number of ether oxygens (including phenoxy) is 1. The van der Waals surface area contributed by atoms with Gasteiger partial charge in [0.25, 0.3) is 0 Å². The Morgan fingerprint density at radius 1 is 1.42 bits per heavy atom. The van der Waals surface area contributed by atoms with Gasteiger partial charge in [0.05, 0.1) is 19.2 Å². The highest BCUT2D eigenvalue weighted by Crippen LogP contribution is 2.28. The van der Waals surface area contributed by atoms with Crippen molar-refractivity contribution in [3.63, 3.8) is 0 Å². The molecule has 0 fully saturated rings. The minimum atomic E-state index is -0.813. The summed E-state index contributed by atoms with van der Waals surface area (Å²) in [4.78, 5) is 15.1. The minimum Gasteiger partial charge on any atom is -0.496 e. The number of hydrogen-bond acceptors (Lipinski definition) is 3. The Morgan fingerprint density at radius 3 is 2.84 bits per heavy atom. The van der Waals surface area contributed by atoms with Gasteiger partial charge in [0.2, 0.25) is 0 Å². The highest BCUT2D eigenvalue weighted by atomic mass is 16.5. The lowest BCUT2D eigenvalue weighted by Crippen LogP contribution is -2.04. The van der Waals surface area contributed by atoms with Crippen LogP contribution in [0.25, 0.3) is 11.3 Å². The molecule has 0 aliphatic heterocycles. The van der Waals surface area contributed by atoms with Gasteiger partial charge in [-0.25, -0.2) is 4.98 Å². The molecule has 1 aromatic heterocycles. The van der Waals surface area contributed by atoms with E-state index in [1.54, 1.807) is 7.11 Å². The molecule has 0 aliphatic carbocycles. The van der Waals surface area contributed by atoms with Crippen molar-refractivity contribution in [1.29, 1.82) is 0 Å². The maximum atomic E-state index is 10.6. The molecule has 0 spiro atoms. The summed E-state index contributed by atoms with van der Waals surface area (Å²) in [6, 6.07) is 7.63. The number of benzene rings is 1. The summed E-state index contributed by atoms with van der Waals surface area (Å²) in [5.41, 5.74) is 1.70. The van der Waals surface area contributed by atoms with Crippen LogP contribution in [0.15, 0.2) is 30.5 Å². The summed E-state index contributed by atoms with van der Waals surface area (Å²) in [6.45, 7) is 2.28. The number of carboxylic acids is 1. The molecule has 0 saturated heterocycles. The van der Waals surface area contributed by atoms with Crippen LogP contribution >= 0.6 is 0 Å². The fourth-order valence-electron chi connectivity index (χ4n) is 1.94. The summed E-state index contributed by atoms with van der Waals surface area (Å²) in [7, 11) is 1.62. The van der Waals surface area contributed by atoms with Gasteiger partial charge in [0, 0.05) is 18.3 Å². The lowest BCUT2D eigenvalue weighted by atomic mass is 10.1. The van der Waals surface area contributed by atoms with Gasteiger partial charge in [-0.2, -0.15) is 0 Å². The molecule has 0 amide bonds. The first-order valence-corrected chi connectivity index (χ1v) is 6.00. The number of aliphatic carboxylic acids is 1. The minimum absolute atomic E-state index is 0.0859. The van der Waals surface area contributed by atoms with Gasteiger partial charge in [-0.15, -0.1) is 0 Å². The van der Waals surface area contributed by atoms with Crippen molar-refractivity contribution in [2.75, 3.05) is 7.11 Å². The van der Waals surface area contributed by atoms with Crippen LogP contribution in [0.3, 0.4) is 0 Å². The van der Waals surface area contributed by atoms with Crippen molar-refractivity contribution in [1.82, 2.24) is 9.55 Å². The fraction of sp³-hybridized carbons (Fsp3) is 0.286. The second-order valence-corrected chi connectivity index (χ2v) is 4.21. The number of aromatic nitrogens is 2. The molecular weight excluding hydrogens is 244 g/mol. The predicted molar refractivity (Wildman–Crippen MR) is 71.2 cm³/mol. The number of carbonyl (C=O) groups is 1. The van der Waals surface area contributed by atoms with Crippen LogP contribution < -0.4 is 4.74 Å². The van der Waals surface area contributed by atoms with E-state index < -0.39 is 5.97 Å². The average Bonchev–Trinajstić information content (AvgIpc) is 2.77. The molecule has 0 aliphatic rings. The van der Waals surface area contributed by atoms with Gasteiger partial charge in [0.1, 0.15) is 11.6 Å². The molecule has 0 atom stereocenters. The molecule has 2 rings (SSSR count). The van der Waals surface area contributed by atoms with Crippen LogP contribution in [0, 0.1) is 6.92 Å². The Bertz CT molecular complexity index is 590. The third-order valence-electron chi connectivity index (χ3n) is 2.93. The van der Waals surface area contributed by atoms with Gasteiger partial charge in [0.15, 0.2) is 0 Å². The number of aryl methyl sites for hydroxylation is 2. The SMILES string of the molecule is COc1ccccc1-c1cn(CCC(=O)O)c(C)n1. The van der Waals surface area contributed by atoms with E-state index >= 15 is 0 Å². The van der Waals surface area contributed by atoms with Crippen molar-refractivity contribution >= 4 is 5.97 Å². The molecule has 5 heteroatoms. The lowest BCUT2D eigenvalue weighted by molar-refractivity contribution is -0.137. The number of para-hydroxylation sites is 1. The molecule has 0 radical (unpaired) electrons. The zero-order chi connectivity index (χ0) is 13.8. The third kappa shape index (κ3) is 2.93. The van der Waals surface area contributed by atoms with Crippen LogP contribution in [0.1, 0.15) is 12.2 Å². The molecule has 5 nitrogen and oxygen atoms in total. The van der Waals surface area contributed by atoms with E-state index in [-0.39, 0.29) is 6.42 Å². The monoisotopic (exact) mass is 260 g/mol. The lowest BCUT2D eigenvalue weighted by Gasteiger charge is -2.04. The van der Waals surface area contributed by atoms with E-state index in [9.17, 15) is 4.79 Å². The Labute approximate surface area is 111 Å². The second kappa shape index (κ2) is 5.56. The fourth-order valence-corrected chi connectivity index (χ4v) is 1.94. The normalized spacial score (nSPS) is 10.4. The molecule has 2 aromatic rings. The topological polar surface area (TPSA) is 64.3 Å². The second-order valence-electron chi connectivity index (χ2n) is 4.21. The zero-order valence-electron chi connectivity index (χ0n) is 11.0. The summed E-state index contributed by atoms with van der Waals surface area (Å²) < 4.78 is 7.15. The zero-order valence-corrected chi connectivity index (χ0v) is 11.0. The Kier molecular flexibility index (Phi) is 3.85. The molecule has 0 bridgehead atoms. The first-order valence-electron chi connectivity index (χ1n) is 6.00. The quantitative estimate of drug-likeness (QED) is 0.896. The highest BCUT2D eigenvalue weighted by Gasteiger charge is 2.11. The van der Waals surface area contributed by atoms with Crippen LogP contribution in [0.4, 0.5) is 0 Å². The van der Waals surface area contributed by atoms with E-state index in [4.69, 9.17) is 9.84 Å². The maximum absolute atomic E-state index is 10.6. The van der Waals surface area contributed by atoms with Gasteiger partial charge in [-0.05, 0) is 19.1 Å². The van der Waals surface area contributed by atoms with Crippen molar-refractivity contribution in [3.8, 4) is 17.0 Å². The number of rotatable bonds is 5. The van der Waals surface area contributed by atoms with Gasteiger partial charge in [-0.1, -0.05) is 12.1 Å². The number of methoxy groups -OCH3 is 1. The van der Waals surface area contributed by atoms with Crippen LogP contribution in [0.2, 0.25) is 0 Å². The van der Waals surface area contributed by atoms with Crippen molar-refractivity contribution in [2.45, 2.75) is 19.9 Å². The molecule has 1 N–H and O–H groups in total. The highest BCUT2D eigenvalue weighted by molar-refractivity contribution is 5.67. The maximum Gasteiger partial charge on any atom is 0.305 e. The molecule has 0 saturated carbocycles. The van der Waals surface area contributed by atoms with Crippen LogP contribution in [-0.4, -0.2) is 27.7 Å². The summed E-state index contributed by atoms with van der Waals surface area (Å²) in [6.07, 6.45) is 1.94. The molecule has 0 unspecified atom stereocenters. The average molecular weight is 260 g/mol. The van der Waals surface area contributed by atoms with Crippen molar-refractivity contribution in [2.24, 2.45) is 0 Å². The van der Waals surface area contributed by atoms with E-state index in [2.05, 4.69) is 4.98 Å². The van der Waals surface area contributed by atoms with Gasteiger partial charge in [-0.3, -0.25) is 4.79 Å². The Morgan fingerprint density at radius 2 is 2.16 bits per heavy atom. The van der Waals surface area contributed by atoms with E-state index in [1.807, 2.05) is 42.0 Å². The number of hydrogen-bond donors (Lipinski definition) is 1. The Balaban J connectivity index is 2.31. The molecule has 1 aromatic carbocycles. The smallest absolute Gasteiger partial charge is 0.305 e. The summed E-state index contributed by atoms with van der Waals surface area (Å²) in [5, 5.41) is 8.72. The predicted octanol–water partition coefficient (Wildman–Crippen LogP) is 2.34. The van der Waals surface area contributed by atoms with E-state index in [0.29, 0.717) is 6.54 Å². The number of nitrogens with zero attached hydrogens (tertiary/aromatic N) is 2.